The number of carbonyl (C=O) groups excluding carboxylic acids is 1. The summed E-state index contributed by atoms with van der Waals surface area (Å²) in [4.78, 5) is 23.6. The summed E-state index contributed by atoms with van der Waals surface area (Å²) < 4.78 is 30.4. The normalized spacial score (nSPS) is 15.3. The molecule has 0 aliphatic carbocycles. The maximum absolute atomic E-state index is 12.6. The lowest BCUT2D eigenvalue weighted by Crippen LogP contribution is -2.39. The third kappa shape index (κ3) is 5.64. The maximum Gasteiger partial charge on any atom is 0.223 e. The van der Waals surface area contributed by atoms with Gasteiger partial charge in [0.15, 0.2) is 9.84 Å². The van der Waals surface area contributed by atoms with Gasteiger partial charge in [-0.05, 0) is 38.8 Å². The Kier molecular flexibility index (Phi) is 7.55. The monoisotopic (exact) mass is 431 g/mol. The highest BCUT2D eigenvalue weighted by Gasteiger charge is 2.27. The van der Waals surface area contributed by atoms with E-state index in [-0.39, 0.29) is 28.9 Å². The van der Waals surface area contributed by atoms with E-state index in [1.165, 1.54) is 0 Å². The van der Waals surface area contributed by atoms with Gasteiger partial charge in [-0.25, -0.2) is 18.4 Å². The quantitative estimate of drug-likeness (QED) is 0.638. The fourth-order valence-electron chi connectivity index (χ4n) is 3.72. The first-order chi connectivity index (χ1) is 14.4. The molecule has 30 heavy (non-hydrogen) atoms. The lowest BCUT2D eigenvalue weighted by atomic mass is 9.90. The van der Waals surface area contributed by atoms with Crippen molar-refractivity contribution in [3.63, 3.8) is 0 Å². The molecular formula is C22H29N3O4S. The summed E-state index contributed by atoms with van der Waals surface area (Å²) in [5.74, 6) is 0.704. The summed E-state index contributed by atoms with van der Waals surface area (Å²) >= 11 is 0. The van der Waals surface area contributed by atoms with Gasteiger partial charge in [-0.2, -0.15) is 0 Å². The van der Waals surface area contributed by atoms with Gasteiger partial charge in [0, 0.05) is 43.8 Å². The number of aromatic nitrogens is 2. The van der Waals surface area contributed by atoms with E-state index < -0.39 is 9.84 Å². The van der Waals surface area contributed by atoms with E-state index in [0.717, 1.165) is 29.9 Å². The van der Waals surface area contributed by atoms with E-state index in [1.54, 1.807) is 35.2 Å². The molecule has 0 radical (unpaired) electrons. The van der Waals surface area contributed by atoms with Crippen LogP contribution in [0.3, 0.4) is 0 Å². The van der Waals surface area contributed by atoms with E-state index in [1.807, 2.05) is 20.0 Å². The van der Waals surface area contributed by atoms with Gasteiger partial charge in [0.2, 0.25) is 5.91 Å². The van der Waals surface area contributed by atoms with Gasteiger partial charge in [0.05, 0.1) is 22.9 Å². The molecule has 1 fully saturated rings. The molecule has 1 amide bonds. The van der Waals surface area contributed by atoms with E-state index >= 15 is 0 Å². The molecule has 1 aromatic carbocycles. The highest BCUT2D eigenvalue weighted by molar-refractivity contribution is 7.91. The molecule has 3 rings (SSSR count). The van der Waals surface area contributed by atoms with Crippen LogP contribution >= 0.6 is 0 Å². The molecular weight excluding hydrogens is 402 g/mol. The molecule has 0 bridgehead atoms. The summed E-state index contributed by atoms with van der Waals surface area (Å²) in [5.41, 5.74) is 2.01. The van der Waals surface area contributed by atoms with Crippen molar-refractivity contribution in [2.45, 2.75) is 50.5 Å². The van der Waals surface area contributed by atoms with E-state index in [4.69, 9.17) is 4.74 Å². The third-order valence-electron chi connectivity index (χ3n) is 5.40. The highest BCUT2D eigenvalue weighted by Crippen LogP contribution is 2.29. The molecule has 0 unspecified atom stereocenters. The minimum Gasteiger partial charge on any atom is -0.377 e. The van der Waals surface area contributed by atoms with Gasteiger partial charge in [-0.1, -0.05) is 18.2 Å². The van der Waals surface area contributed by atoms with Crippen LogP contribution in [0.25, 0.3) is 0 Å². The number of likely N-dealkylation sites (tertiary alicyclic amines) is 1. The first-order valence-corrected chi connectivity index (χ1v) is 12.0. The van der Waals surface area contributed by atoms with Gasteiger partial charge in [-0.15, -0.1) is 0 Å². The zero-order chi connectivity index (χ0) is 21.6. The maximum atomic E-state index is 12.6. The van der Waals surface area contributed by atoms with Crippen LogP contribution in [0.4, 0.5) is 0 Å². The SMILES string of the molecule is CCOCc1cnc(C)nc1C1CCN(C(=O)CCS(=O)(=O)c2ccccc2)CC1. The average molecular weight is 432 g/mol. The number of rotatable bonds is 8. The number of sulfone groups is 1. The molecule has 1 aliphatic rings. The number of piperidine rings is 1. The first-order valence-electron chi connectivity index (χ1n) is 10.4. The molecule has 0 N–H and O–H groups in total. The zero-order valence-electron chi connectivity index (χ0n) is 17.6. The molecule has 2 heterocycles. The molecule has 1 aliphatic heterocycles. The minimum absolute atomic E-state index is 0.00407. The van der Waals surface area contributed by atoms with Crippen LogP contribution in [0.1, 0.15) is 49.2 Å². The second kappa shape index (κ2) is 10.1. The number of aryl methyl sites for hydroxylation is 1. The van der Waals surface area contributed by atoms with Gasteiger partial charge in [-0.3, -0.25) is 4.79 Å². The Morgan fingerprint density at radius 1 is 1.20 bits per heavy atom. The smallest absolute Gasteiger partial charge is 0.223 e. The molecule has 8 heteroatoms. The van der Waals surface area contributed by atoms with E-state index in [2.05, 4.69) is 9.97 Å². The van der Waals surface area contributed by atoms with Crippen LogP contribution in [-0.4, -0.2) is 54.6 Å². The fraction of sp³-hybridized carbons (Fsp3) is 0.500. The number of benzene rings is 1. The summed E-state index contributed by atoms with van der Waals surface area (Å²) in [6.07, 6.45) is 3.43. The van der Waals surface area contributed by atoms with Gasteiger partial charge in [0.1, 0.15) is 5.82 Å². The summed E-state index contributed by atoms with van der Waals surface area (Å²) in [6, 6.07) is 8.28. The molecule has 0 atom stereocenters. The zero-order valence-corrected chi connectivity index (χ0v) is 18.4. The molecule has 162 valence electrons. The Morgan fingerprint density at radius 2 is 1.90 bits per heavy atom. The largest absolute Gasteiger partial charge is 0.377 e. The van der Waals surface area contributed by atoms with E-state index in [0.29, 0.717) is 26.3 Å². The molecule has 2 aromatic rings. The predicted molar refractivity (Wildman–Crippen MR) is 114 cm³/mol. The second-order valence-corrected chi connectivity index (χ2v) is 9.61. The summed E-state index contributed by atoms with van der Waals surface area (Å²) in [7, 11) is -3.45. The second-order valence-electron chi connectivity index (χ2n) is 7.50. The molecule has 1 saturated heterocycles. The highest BCUT2D eigenvalue weighted by atomic mass is 32.2. The van der Waals surface area contributed by atoms with Crippen LogP contribution in [0, 0.1) is 6.92 Å². The number of ether oxygens (including phenoxy) is 1. The van der Waals surface area contributed by atoms with Crippen LogP contribution < -0.4 is 0 Å². The van der Waals surface area contributed by atoms with Crippen LogP contribution in [0.5, 0.6) is 0 Å². The number of hydrogen-bond donors (Lipinski definition) is 0. The van der Waals surface area contributed by atoms with E-state index in [9.17, 15) is 13.2 Å². The minimum atomic E-state index is -3.45. The third-order valence-corrected chi connectivity index (χ3v) is 7.13. The number of carbonyl (C=O) groups is 1. The van der Waals surface area contributed by atoms with Crippen molar-refractivity contribution in [3.05, 3.63) is 53.6 Å². The van der Waals surface area contributed by atoms with Crippen molar-refractivity contribution in [3.8, 4) is 0 Å². The fourth-order valence-corrected chi connectivity index (χ4v) is 4.97. The Hall–Kier alpha value is -2.32. The van der Waals surface area contributed by atoms with Crippen molar-refractivity contribution in [1.82, 2.24) is 14.9 Å². The van der Waals surface area contributed by atoms with Gasteiger partial charge >= 0.3 is 0 Å². The lowest BCUT2D eigenvalue weighted by molar-refractivity contribution is -0.131. The van der Waals surface area contributed by atoms with Gasteiger partial charge < -0.3 is 9.64 Å². The molecule has 0 saturated carbocycles. The molecule has 0 spiro atoms. The van der Waals surface area contributed by atoms with Crippen LogP contribution in [0.15, 0.2) is 41.4 Å². The Balaban J connectivity index is 1.57. The first kappa shape index (κ1) is 22.4. The molecule has 7 nitrogen and oxygen atoms in total. The lowest BCUT2D eigenvalue weighted by Gasteiger charge is -2.32. The Bertz CT molecular complexity index is 956. The van der Waals surface area contributed by atoms with Gasteiger partial charge in [0.25, 0.3) is 0 Å². The Labute approximate surface area is 178 Å². The predicted octanol–water partition coefficient (Wildman–Crippen LogP) is 2.89. The molecule has 1 aromatic heterocycles. The van der Waals surface area contributed by atoms with Crippen molar-refractivity contribution in [1.29, 1.82) is 0 Å². The number of amides is 1. The standard InChI is InChI=1S/C22H29N3O4S/c1-3-29-16-19-15-23-17(2)24-22(19)18-9-12-25(13-10-18)21(26)11-14-30(27,28)20-7-5-4-6-8-20/h4-8,15,18H,3,9-14,16H2,1-2H3. The number of hydrogen-bond acceptors (Lipinski definition) is 6. The Morgan fingerprint density at radius 3 is 2.57 bits per heavy atom. The van der Waals surface area contributed by atoms with Crippen LogP contribution in [-0.2, 0) is 26.0 Å². The van der Waals surface area contributed by atoms with Crippen molar-refractivity contribution in [2.75, 3.05) is 25.4 Å². The summed E-state index contributed by atoms with van der Waals surface area (Å²) in [6.45, 7) is 6.16. The average Bonchev–Trinajstić information content (AvgIpc) is 2.77. The summed E-state index contributed by atoms with van der Waals surface area (Å²) in [5, 5.41) is 0. The van der Waals surface area contributed by atoms with Crippen molar-refractivity contribution in [2.24, 2.45) is 0 Å². The van der Waals surface area contributed by atoms with Crippen molar-refractivity contribution >= 4 is 15.7 Å². The van der Waals surface area contributed by atoms with Crippen molar-refractivity contribution < 1.29 is 17.9 Å². The number of nitrogens with zero attached hydrogens (tertiary/aromatic N) is 3. The topological polar surface area (TPSA) is 89.5 Å². The van der Waals surface area contributed by atoms with Crippen LogP contribution in [0.2, 0.25) is 0 Å².